The zero-order valence-electron chi connectivity index (χ0n) is 11.6. The highest BCUT2D eigenvalue weighted by Gasteiger charge is 2.20. The van der Waals surface area contributed by atoms with Crippen LogP contribution in [-0.4, -0.2) is 19.2 Å². The van der Waals surface area contributed by atoms with Gasteiger partial charge in [0, 0.05) is 16.8 Å². The fourth-order valence-electron chi connectivity index (χ4n) is 2.05. The maximum absolute atomic E-state index is 12.3. The van der Waals surface area contributed by atoms with Crippen LogP contribution in [0, 0.1) is 0 Å². The molecule has 0 saturated heterocycles. The largest absolute Gasteiger partial charge is 0.454 e. The second kappa shape index (κ2) is 6.36. The summed E-state index contributed by atoms with van der Waals surface area (Å²) in [5.74, 6) is 1.11. The van der Waals surface area contributed by atoms with Crippen LogP contribution >= 0.6 is 23.2 Å². The van der Waals surface area contributed by atoms with Crippen molar-refractivity contribution in [1.82, 2.24) is 0 Å². The van der Waals surface area contributed by atoms with E-state index in [-0.39, 0.29) is 17.5 Å². The summed E-state index contributed by atoms with van der Waals surface area (Å²) < 4.78 is 10.4. The van der Waals surface area contributed by atoms with Crippen LogP contribution in [0.3, 0.4) is 0 Å². The summed E-state index contributed by atoms with van der Waals surface area (Å²) in [6.07, 6.45) is 0.372. The van der Waals surface area contributed by atoms with E-state index < -0.39 is 6.03 Å². The Balaban J connectivity index is 1.81. The van der Waals surface area contributed by atoms with Gasteiger partial charge in [-0.1, -0.05) is 23.2 Å². The Morgan fingerprint density at radius 2 is 1.91 bits per heavy atom. The molecule has 0 spiro atoms. The van der Waals surface area contributed by atoms with Gasteiger partial charge in [0.15, 0.2) is 11.5 Å². The summed E-state index contributed by atoms with van der Waals surface area (Å²) in [4.78, 5) is 24.4. The summed E-state index contributed by atoms with van der Waals surface area (Å²) in [5, 5.41) is 3.18. The van der Waals surface area contributed by atoms with E-state index in [1.807, 2.05) is 0 Å². The lowest BCUT2D eigenvalue weighted by Gasteiger charge is -2.18. The third-order valence-corrected chi connectivity index (χ3v) is 3.66. The molecule has 1 N–H and O–H groups in total. The van der Waals surface area contributed by atoms with E-state index in [9.17, 15) is 9.59 Å². The van der Waals surface area contributed by atoms with Crippen LogP contribution in [0.2, 0.25) is 10.0 Å². The molecule has 0 unspecified atom stereocenters. The van der Waals surface area contributed by atoms with Crippen LogP contribution in [0.25, 0.3) is 0 Å². The number of urea groups is 1. The molecule has 0 bridgehead atoms. The van der Waals surface area contributed by atoms with Crippen molar-refractivity contribution in [3.8, 4) is 11.5 Å². The Hall–Kier alpha value is -2.44. The smallest absolute Gasteiger partial charge is 0.333 e. The topological polar surface area (TPSA) is 67.9 Å². The van der Waals surface area contributed by atoms with Crippen molar-refractivity contribution in [2.75, 3.05) is 17.0 Å². The number of carbonyl (C=O) groups excluding carboxylic acids is 2. The Morgan fingerprint density at radius 3 is 2.65 bits per heavy atom. The lowest BCUT2D eigenvalue weighted by molar-refractivity contribution is -0.106. The molecule has 2 aromatic rings. The molecule has 3 rings (SSSR count). The summed E-state index contributed by atoms with van der Waals surface area (Å²) in [6, 6.07) is 8.71. The van der Waals surface area contributed by atoms with Gasteiger partial charge in [-0.05, 0) is 30.3 Å². The fraction of sp³-hybridized carbons (Fsp3) is 0.0667. The number of benzene rings is 2. The van der Waals surface area contributed by atoms with Crippen LogP contribution in [0.15, 0.2) is 36.4 Å². The molecule has 3 amide bonds. The number of rotatable bonds is 3. The number of hydrogen-bond acceptors (Lipinski definition) is 4. The molecule has 0 fully saturated rings. The molecular formula is C15H10Cl2N2O4. The molecule has 0 aliphatic carbocycles. The quantitative estimate of drug-likeness (QED) is 0.850. The van der Waals surface area contributed by atoms with E-state index in [1.165, 1.54) is 18.2 Å². The number of ether oxygens (including phenoxy) is 2. The highest BCUT2D eigenvalue weighted by atomic mass is 35.5. The van der Waals surface area contributed by atoms with Crippen LogP contribution in [0.4, 0.5) is 16.2 Å². The lowest BCUT2D eigenvalue weighted by atomic mass is 10.2. The number of nitrogens with zero attached hydrogens (tertiary/aromatic N) is 1. The van der Waals surface area contributed by atoms with Gasteiger partial charge in [0.2, 0.25) is 13.2 Å². The molecule has 2 aromatic carbocycles. The number of fused-ring (bicyclic) bond motifs is 1. The maximum atomic E-state index is 12.3. The third-order valence-electron chi connectivity index (χ3n) is 3.12. The second-order valence-electron chi connectivity index (χ2n) is 4.57. The molecular weight excluding hydrogens is 343 g/mol. The minimum atomic E-state index is -0.664. The van der Waals surface area contributed by atoms with Gasteiger partial charge in [-0.15, -0.1) is 0 Å². The van der Waals surface area contributed by atoms with Gasteiger partial charge in [-0.2, -0.15) is 0 Å². The summed E-state index contributed by atoms with van der Waals surface area (Å²) in [5.41, 5.74) is 0.681. The second-order valence-corrected chi connectivity index (χ2v) is 5.41. The monoisotopic (exact) mass is 352 g/mol. The van der Waals surface area contributed by atoms with Crippen molar-refractivity contribution in [2.45, 2.75) is 0 Å². The number of nitrogens with one attached hydrogen (secondary N) is 1. The minimum absolute atomic E-state index is 0.133. The lowest BCUT2D eigenvalue weighted by Crippen LogP contribution is -2.33. The van der Waals surface area contributed by atoms with Crippen LogP contribution < -0.4 is 19.7 Å². The van der Waals surface area contributed by atoms with Crippen molar-refractivity contribution in [3.05, 3.63) is 46.4 Å². The SMILES string of the molecule is O=CN(C(=O)Nc1ccc2c(c1)OCO2)c1ccc(Cl)cc1Cl. The predicted octanol–water partition coefficient (Wildman–Crippen LogP) is 3.92. The molecule has 1 aliphatic heterocycles. The molecule has 1 aliphatic rings. The standard InChI is InChI=1S/C15H10Cl2N2O4/c16-9-1-3-12(11(17)5-9)19(7-20)15(21)18-10-2-4-13-14(6-10)23-8-22-13/h1-7H,8H2,(H,18,21). The van der Waals surface area contributed by atoms with Crippen LogP contribution in [-0.2, 0) is 4.79 Å². The average Bonchev–Trinajstić information content (AvgIpc) is 2.97. The molecule has 0 atom stereocenters. The zero-order valence-corrected chi connectivity index (χ0v) is 13.1. The first-order valence-electron chi connectivity index (χ1n) is 6.48. The molecule has 1 heterocycles. The van der Waals surface area contributed by atoms with E-state index >= 15 is 0 Å². The fourth-order valence-corrected chi connectivity index (χ4v) is 2.55. The van der Waals surface area contributed by atoms with Gasteiger partial charge < -0.3 is 14.8 Å². The number of imide groups is 1. The minimum Gasteiger partial charge on any atom is -0.454 e. The van der Waals surface area contributed by atoms with E-state index in [2.05, 4.69) is 5.32 Å². The molecule has 118 valence electrons. The van der Waals surface area contributed by atoms with Gasteiger partial charge in [0.1, 0.15) is 0 Å². The number of anilines is 2. The van der Waals surface area contributed by atoms with Crippen molar-refractivity contribution >= 4 is 47.0 Å². The van der Waals surface area contributed by atoms with Crippen LogP contribution in [0.5, 0.6) is 11.5 Å². The number of halogens is 2. The summed E-state index contributed by atoms with van der Waals surface area (Å²) in [7, 11) is 0. The molecule has 8 heteroatoms. The van der Waals surface area contributed by atoms with Gasteiger partial charge >= 0.3 is 6.03 Å². The molecule has 6 nitrogen and oxygen atoms in total. The molecule has 0 radical (unpaired) electrons. The number of hydrogen-bond donors (Lipinski definition) is 1. The molecule has 0 aromatic heterocycles. The van der Waals surface area contributed by atoms with E-state index in [1.54, 1.807) is 18.2 Å². The highest BCUT2D eigenvalue weighted by molar-refractivity contribution is 6.37. The number of amides is 3. The van der Waals surface area contributed by atoms with Crippen molar-refractivity contribution in [1.29, 1.82) is 0 Å². The van der Waals surface area contributed by atoms with Gasteiger partial charge in [0.05, 0.1) is 10.7 Å². The normalized spacial score (nSPS) is 11.9. The molecule has 0 saturated carbocycles. The average molecular weight is 353 g/mol. The first kappa shape index (κ1) is 15.5. The third kappa shape index (κ3) is 3.18. The van der Waals surface area contributed by atoms with Gasteiger partial charge in [-0.3, -0.25) is 4.79 Å². The van der Waals surface area contributed by atoms with Crippen LogP contribution in [0.1, 0.15) is 0 Å². The summed E-state index contributed by atoms with van der Waals surface area (Å²) >= 11 is 11.8. The Kier molecular flexibility index (Phi) is 4.27. The Bertz CT molecular complexity index is 782. The van der Waals surface area contributed by atoms with Gasteiger partial charge in [0.25, 0.3) is 0 Å². The van der Waals surface area contributed by atoms with E-state index in [4.69, 9.17) is 32.7 Å². The van der Waals surface area contributed by atoms with Crippen molar-refractivity contribution in [2.24, 2.45) is 0 Å². The van der Waals surface area contributed by atoms with Crippen molar-refractivity contribution in [3.63, 3.8) is 0 Å². The first-order chi connectivity index (χ1) is 11.1. The van der Waals surface area contributed by atoms with E-state index in [0.717, 1.165) is 4.90 Å². The first-order valence-corrected chi connectivity index (χ1v) is 7.24. The maximum Gasteiger partial charge on any atom is 0.333 e. The molecule has 23 heavy (non-hydrogen) atoms. The van der Waals surface area contributed by atoms with Crippen molar-refractivity contribution < 1.29 is 19.1 Å². The highest BCUT2D eigenvalue weighted by Crippen LogP contribution is 2.34. The van der Waals surface area contributed by atoms with E-state index in [0.29, 0.717) is 28.6 Å². The number of carbonyl (C=O) groups is 2. The summed E-state index contributed by atoms with van der Waals surface area (Å²) in [6.45, 7) is 0.133. The Morgan fingerprint density at radius 1 is 1.13 bits per heavy atom. The Labute approximate surface area is 141 Å². The zero-order chi connectivity index (χ0) is 16.4. The predicted molar refractivity (Wildman–Crippen MR) is 86.6 cm³/mol. The van der Waals surface area contributed by atoms with Gasteiger partial charge in [-0.25, -0.2) is 9.69 Å².